The van der Waals surface area contributed by atoms with Crippen molar-refractivity contribution in [2.75, 3.05) is 31.6 Å². The molecule has 1 aromatic heterocycles. The summed E-state index contributed by atoms with van der Waals surface area (Å²) in [6.45, 7) is 1.68. The van der Waals surface area contributed by atoms with Gasteiger partial charge in [0.2, 0.25) is 6.23 Å². The fourth-order valence-corrected chi connectivity index (χ4v) is 5.46. The second-order valence-electron chi connectivity index (χ2n) is 9.21. The van der Waals surface area contributed by atoms with Gasteiger partial charge in [0.1, 0.15) is 30.6 Å². The van der Waals surface area contributed by atoms with E-state index in [0.717, 1.165) is 23.4 Å². The number of hydrogen-bond acceptors (Lipinski definition) is 7. The number of aromatic nitrogens is 1. The van der Waals surface area contributed by atoms with Crippen molar-refractivity contribution in [1.29, 1.82) is 0 Å². The highest BCUT2D eigenvalue weighted by Crippen LogP contribution is 2.41. The van der Waals surface area contributed by atoms with Gasteiger partial charge in [-0.25, -0.2) is 9.78 Å². The summed E-state index contributed by atoms with van der Waals surface area (Å²) < 4.78 is 5.93. The van der Waals surface area contributed by atoms with Crippen molar-refractivity contribution in [2.24, 2.45) is 0 Å². The number of aliphatic hydroxyl groups excluding tert-OH is 3. The molecule has 0 aliphatic carbocycles. The molecular formula is C23H28N3O6+. The van der Waals surface area contributed by atoms with Crippen LogP contribution in [0.25, 0.3) is 0 Å². The molecule has 5 rings (SSSR count). The van der Waals surface area contributed by atoms with Gasteiger partial charge in [-0.2, -0.15) is 0 Å². The summed E-state index contributed by atoms with van der Waals surface area (Å²) in [5.74, 6) is -0.430. The Bertz CT molecular complexity index is 1030. The molecule has 9 nitrogen and oxygen atoms in total. The van der Waals surface area contributed by atoms with Crippen LogP contribution in [0.1, 0.15) is 22.7 Å². The summed E-state index contributed by atoms with van der Waals surface area (Å²) in [5, 5.41) is 40.7. The lowest BCUT2D eigenvalue weighted by molar-refractivity contribution is -0.964. The van der Waals surface area contributed by atoms with Crippen LogP contribution in [-0.2, 0) is 16.0 Å². The van der Waals surface area contributed by atoms with E-state index < -0.39 is 36.6 Å². The first-order valence-electron chi connectivity index (χ1n) is 10.9. The van der Waals surface area contributed by atoms with Gasteiger partial charge in [-0.05, 0) is 22.8 Å². The largest absolute Gasteiger partial charge is 0.479 e. The zero-order valence-electron chi connectivity index (χ0n) is 17.8. The number of carbonyl (C=O) groups is 1. The van der Waals surface area contributed by atoms with Crippen LogP contribution in [0.4, 0.5) is 5.82 Å². The number of quaternary nitrogens is 1. The van der Waals surface area contributed by atoms with Crippen molar-refractivity contribution in [3.8, 4) is 0 Å². The van der Waals surface area contributed by atoms with Crippen LogP contribution < -0.4 is 4.90 Å². The van der Waals surface area contributed by atoms with E-state index in [0.29, 0.717) is 19.6 Å². The first-order valence-corrected chi connectivity index (χ1v) is 10.9. The number of ether oxygens (including phenoxy) is 1. The molecule has 1 aromatic carbocycles. The zero-order chi connectivity index (χ0) is 22.6. The molecule has 2 saturated heterocycles. The van der Waals surface area contributed by atoms with Crippen molar-refractivity contribution in [3.63, 3.8) is 0 Å². The quantitative estimate of drug-likeness (QED) is 0.475. The summed E-state index contributed by atoms with van der Waals surface area (Å²) in [6.07, 6.45) is -4.75. The Morgan fingerprint density at radius 3 is 2.62 bits per heavy atom. The van der Waals surface area contributed by atoms with Crippen molar-refractivity contribution < 1.29 is 34.4 Å². The number of anilines is 1. The lowest BCUT2D eigenvalue weighted by atomic mass is 9.92. The number of carboxylic acid groups (broad SMARTS) is 1. The molecule has 6 unspecified atom stereocenters. The summed E-state index contributed by atoms with van der Waals surface area (Å²) in [5.41, 5.74) is 3.51. The number of nitrogens with zero attached hydrogens (tertiary/aromatic N) is 3. The third-order valence-corrected chi connectivity index (χ3v) is 7.20. The van der Waals surface area contributed by atoms with Crippen LogP contribution in [0.15, 0.2) is 42.6 Å². The maximum atomic E-state index is 11.6. The first kappa shape index (κ1) is 21.3. The number of carboxylic acids is 1. The molecule has 170 valence electrons. The van der Waals surface area contributed by atoms with E-state index in [9.17, 15) is 25.2 Å². The molecule has 0 spiro atoms. The van der Waals surface area contributed by atoms with Crippen molar-refractivity contribution in [3.05, 3.63) is 59.3 Å². The van der Waals surface area contributed by atoms with Crippen LogP contribution in [0.5, 0.6) is 0 Å². The predicted octanol–water partition coefficient (Wildman–Crippen LogP) is -0.114. The maximum Gasteiger partial charge on any atom is 0.335 e. The Morgan fingerprint density at radius 1 is 1.09 bits per heavy atom. The highest BCUT2D eigenvalue weighted by atomic mass is 16.6. The SMILES string of the molecule is C[N+]1(C2OC(C(=O)O)[C@@H](O)C(O)C2O)CCN2c3ncccc3Cc3ccccc3C2C1. The molecule has 3 aliphatic heterocycles. The Morgan fingerprint density at radius 2 is 1.84 bits per heavy atom. The van der Waals surface area contributed by atoms with E-state index in [1.807, 2.05) is 25.2 Å². The molecule has 32 heavy (non-hydrogen) atoms. The topological polar surface area (TPSA) is 123 Å². The van der Waals surface area contributed by atoms with Gasteiger partial charge in [-0.15, -0.1) is 0 Å². The first-order chi connectivity index (χ1) is 15.3. The van der Waals surface area contributed by atoms with E-state index in [1.54, 1.807) is 6.20 Å². The van der Waals surface area contributed by atoms with Gasteiger partial charge >= 0.3 is 5.97 Å². The molecule has 0 amide bonds. The Hall–Kier alpha value is -2.56. The highest BCUT2D eigenvalue weighted by Gasteiger charge is 2.56. The second kappa shape index (κ2) is 7.79. The minimum Gasteiger partial charge on any atom is -0.479 e. The highest BCUT2D eigenvalue weighted by molar-refractivity contribution is 5.73. The van der Waals surface area contributed by atoms with Crippen LogP contribution in [-0.4, -0.2) is 93.2 Å². The lowest BCUT2D eigenvalue weighted by Crippen LogP contribution is -2.72. The number of aliphatic hydroxyl groups is 3. The standard InChI is InChI=1S/C23H27N3O6/c1-26(22-19(29)17(27)18(28)20(32-22)23(30)31)10-9-25-16(12-26)15-7-3-2-5-13(15)11-14-6-4-8-24-21(14)25/h2-8,16-20,22,27-29H,9-12H2,1H3/p+1/t16?,17?,18-,19?,20?,22?,26?/m0/s1. The molecular weight excluding hydrogens is 414 g/mol. The lowest BCUT2D eigenvalue weighted by Gasteiger charge is -2.53. The molecule has 9 heteroatoms. The third-order valence-electron chi connectivity index (χ3n) is 7.20. The number of benzene rings is 1. The fourth-order valence-electron chi connectivity index (χ4n) is 5.46. The van der Waals surface area contributed by atoms with Crippen molar-refractivity contribution >= 4 is 11.8 Å². The number of pyridine rings is 1. The second-order valence-corrected chi connectivity index (χ2v) is 9.21. The number of fused-ring (bicyclic) bond motifs is 5. The van der Waals surface area contributed by atoms with Gasteiger partial charge in [-0.1, -0.05) is 30.3 Å². The van der Waals surface area contributed by atoms with E-state index in [4.69, 9.17) is 4.74 Å². The average Bonchev–Trinajstić information content (AvgIpc) is 2.91. The maximum absolute atomic E-state index is 11.6. The predicted molar refractivity (Wildman–Crippen MR) is 114 cm³/mol. The number of hydrogen-bond donors (Lipinski definition) is 4. The van der Waals surface area contributed by atoms with E-state index in [-0.39, 0.29) is 10.5 Å². The van der Waals surface area contributed by atoms with Gasteiger partial charge in [-0.3, -0.25) is 4.48 Å². The molecule has 4 N–H and O–H groups in total. The number of aliphatic carboxylic acids is 1. The summed E-state index contributed by atoms with van der Waals surface area (Å²) in [6, 6.07) is 12.2. The molecule has 0 saturated carbocycles. The van der Waals surface area contributed by atoms with E-state index in [1.165, 1.54) is 5.56 Å². The molecule has 0 radical (unpaired) electrons. The van der Waals surface area contributed by atoms with Gasteiger partial charge in [0.25, 0.3) is 0 Å². The zero-order valence-corrected chi connectivity index (χ0v) is 17.8. The average molecular weight is 442 g/mol. The number of piperazine rings is 1. The molecule has 2 aromatic rings. The van der Waals surface area contributed by atoms with E-state index >= 15 is 0 Å². The molecule has 3 aliphatic rings. The number of rotatable bonds is 2. The Balaban J connectivity index is 1.53. The molecule has 2 fully saturated rings. The third kappa shape index (κ3) is 3.28. The minimum absolute atomic E-state index is 0.0656. The normalized spacial score (nSPS) is 36.4. The number of likely N-dealkylation sites (N-methyl/N-ethyl adjacent to an activating group) is 1. The Labute approximate surface area is 185 Å². The summed E-state index contributed by atoms with van der Waals surface area (Å²) >= 11 is 0. The smallest absolute Gasteiger partial charge is 0.335 e. The van der Waals surface area contributed by atoms with Gasteiger partial charge < -0.3 is 30.1 Å². The molecule has 4 heterocycles. The van der Waals surface area contributed by atoms with Gasteiger partial charge in [0.15, 0.2) is 12.2 Å². The van der Waals surface area contributed by atoms with Crippen LogP contribution in [0.2, 0.25) is 0 Å². The molecule has 7 atom stereocenters. The summed E-state index contributed by atoms with van der Waals surface area (Å²) in [4.78, 5) is 18.6. The minimum atomic E-state index is -1.69. The fraction of sp³-hybridized carbons (Fsp3) is 0.478. The van der Waals surface area contributed by atoms with Gasteiger partial charge in [0.05, 0.1) is 20.1 Å². The van der Waals surface area contributed by atoms with Crippen molar-refractivity contribution in [2.45, 2.75) is 43.1 Å². The Kier molecular flexibility index (Phi) is 5.18. The van der Waals surface area contributed by atoms with E-state index in [2.05, 4.69) is 28.1 Å². The van der Waals surface area contributed by atoms with Crippen molar-refractivity contribution in [1.82, 2.24) is 4.98 Å². The summed E-state index contributed by atoms with van der Waals surface area (Å²) in [7, 11) is 1.90. The van der Waals surface area contributed by atoms with Crippen LogP contribution in [0.3, 0.4) is 0 Å². The monoisotopic (exact) mass is 442 g/mol. The molecule has 0 bridgehead atoms. The van der Waals surface area contributed by atoms with Crippen LogP contribution >= 0.6 is 0 Å². The van der Waals surface area contributed by atoms with Crippen LogP contribution in [0, 0.1) is 0 Å². The van der Waals surface area contributed by atoms with Gasteiger partial charge in [0, 0.05) is 12.6 Å².